The largest absolute Gasteiger partial charge is 0.484 e. The first kappa shape index (κ1) is 21.6. The lowest BCUT2D eigenvalue weighted by Crippen LogP contribution is -2.03. The Hall–Kier alpha value is -3.64. The van der Waals surface area contributed by atoms with Crippen molar-refractivity contribution in [3.63, 3.8) is 0 Å². The summed E-state index contributed by atoms with van der Waals surface area (Å²) < 4.78 is 11.5. The summed E-state index contributed by atoms with van der Waals surface area (Å²) in [6.07, 6.45) is 0.891. The molecule has 0 aliphatic rings. The van der Waals surface area contributed by atoms with Gasteiger partial charge in [0.1, 0.15) is 5.75 Å². The number of aryl methyl sites for hydroxylation is 2. The number of carbonyl (C=O) groups is 1. The second-order valence-electron chi connectivity index (χ2n) is 7.25. The molecule has 0 radical (unpaired) electrons. The lowest BCUT2D eigenvalue weighted by atomic mass is 10.0. The molecule has 162 valence electrons. The van der Waals surface area contributed by atoms with E-state index in [-0.39, 0.29) is 12.4 Å². The topological polar surface area (TPSA) is 77.3 Å². The second-order valence-corrected chi connectivity index (χ2v) is 7.68. The van der Waals surface area contributed by atoms with E-state index in [0.717, 1.165) is 23.2 Å². The summed E-state index contributed by atoms with van der Waals surface area (Å²) in [5, 5.41) is 11.7. The van der Waals surface area contributed by atoms with Crippen LogP contribution in [0.15, 0.2) is 71.1 Å². The van der Waals surface area contributed by atoms with Gasteiger partial charge in [-0.3, -0.25) is 4.79 Å². The van der Waals surface area contributed by atoms with Gasteiger partial charge in [-0.2, -0.15) is 0 Å². The number of benzene rings is 3. The molecule has 0 unspecified atom stereocenters. The highest BCUT2D eigenvalue weighted by molar-refractivity contribution is 6.31. The van der Waals surface area contributed by atoms with Crippen molar-refractivity contribution in [1.82, 2.24) is 10.2 Å². The number of carbonyl (C=O) groups excluding carboxylic acids is 1. The summed E-state index contributed by atoms with van der Waals surface area (Å²) in [6, 6.07) is 20.5. The van der Waals surface area contributed by atoms with E-state index < -0.39 is 0 Å². The number of ether oxygens (including phenoxy) is 1. The number of aromatic nitrogens is 2. The van der Waals surface area contributed by atoms with Gasteiger partial charge in [-0.1, -0.05) is 54.0 Å². The SMILES string of the molecule is CCc1ccccc1Nc1nnc(COc2ccc(C(=O)c3cccc(Cl)c3)cc2C)o1. The number of ketones is 1. The monoisotopic (exact) mass is 447 g/mol. The average molecular weight is 448 g/mol. The van der Waals surface area contributed by atoms with Crippen LogP contribution in [0.4, 0.5) is 11.7 Å². The molecule has 0 saturated heterocycles. The van der Waals surface area contributed by atoms with Crippen molar-refractivity contribution in [2.24, 2.45) is 0 Å². The van der Waals surface area contributed by atoms with Crippen molar-refractivity contribution in [3.05, 3.63) is 99.9 Å². The van der Waals surface area contributed by atoms with Crippen LogP contribution in [-0.2, 0) is 13.0 Å². The lowest BCUT2D eigenvalue weighted by molar-refractivity contribution is 0.103. The van der Waals surface area contributed by atoms with Crippen LogP contribution in [0.3, 0.4) is 0 Å². The van der Waals surface area contributed by atoms with Crippen LogP contribution in [-0.4, -0.2) is 16.0 Å². The van der Waals surface area contributed by atoms with Crippen LogP contribution in [0, 0.1) is 6.92 Å². The third kappa shape index (κ3) is 4.98. The maximum absolute atomic E-state index is 12.7. The first-order chi connectivity index (χ1) is 15.5. The number of rotatable bonds is 8. The Bertz CT molecular complexity index is 1250. The zero-order chi connectivity index (χ0) is 22.5. The Morgan fingerprint density at radius 3 is 2.62 bits per heavy atom. The fraction of sp³-hybridized carbons (Fsp3) is 0.160. The van der Waals surface area contributed by atoms with E-state index >= 15 is 0 Å². The molecule has 32 heavy (non-hydrogen) atoms. The van der Waals surface area contributed by atoms with Crippen LogP contribution in [0.5, 0.6) is 5.75 Å². The number of halogens is 1. The number of hydrogen-bond donors (Lipinski definition) is 1. The maximum atomic E-state index is 12.7. The highest BCUT2D eigenvalue weighted by Gasteiger charge is 2.13. The predicted octanol–water partition coefficient (Wildman–Crippen LogP) is 6.15. The third-order valence-electron chi connectivity index (χ3n) is 4.98. The summed E-state index contributed by atoms with van der Waals surface area (Å²) in [6.45, 7) is 4.09. The first-order valence-corrected chi connectivity index (χ1v) is 10.6. The molecule has 6 nitrogen and oxygen atoms in total. The van der Waals surface area contributed by atoms with Crippen molar-refractivity contribution in [2.45, 2.75) is 26.9 Å². The summed E-state index contributed by atoms with van der Waals surface area (Å²) in [5.41, 5.74) is 4.03. The van der Waals surface area contributed by atoms with Crippen LogP contribution >= 0.6 is 11.6 Å². The van der Waals surface area contributed by atoms with Crippen molar-refractivity contribution in [2.75, 3.05) is 5.32 Å². The van der Waals surface area contributed by atoms with Gasteiger partial charge < -0.3 is 14.5 Å². The van der Waals surface area contributed by atoms with E-state index in [1.807, 2.05) is 31.2 Å². The number of nitrogens with zero attached hydrogens (tertiary/aromatic N) is 2. The molecule has 0 amide bonds. The summed E-state index contributed by atoms with van der Waals surface area (Å²) >= 11 is 6.00. The minimum atomic E-state index is -0.0953. The Labute approximate surface area is 191 Å². The van der Waals surface area contributed by atoms with Gasteiger partial charge in [0.05, 0.1) is 0 Å². The van der Waals surface area contributed by atoms with Gasteiger partial charge in [-0.05, 0) is 60.9 Å². The fourth-order valence-electron chi connectivity index (χ4n) is 3.32. The molecule has 7 heteroatoms. The molecule has 1 heterocycles. The molecule has 4 aromatic rings. The fourth-order valence-corrected chi connectivity index (χ4v) is 3.51. The second kappa shape index (κ2) is 9.66. The predicted molar refractivity (Wildman–Crippen MR) is 124 cm³/mol. The van der Waals surface area contributed by atoms with E-state index in [1.165, 1.54) is 0 Å². The molecule has 0 aliphatic heterocycles. The smallest absolute Gasteiger partial charge is 0.320 e. The maximum Gasteiger partial charge on any atom is 0.320 e. The van der Waals surface area contributed by atoms with E-state index in [2.05, 4.69) is 22.4 Å². The Kier molecular flexibility index (Phi) is 6.52. The molecule has 1 N–H and O–H groups in total. The van der Waals surface area contributed by atoms with Gasteiger partial charge in [0.2, 0.25) is 0 Å². The van der Waals surface area contributed by atoms with Crippen LogP contribution < -0.4 is 10.1 Å². The molecule has 3 aromatic carbocycles. The standard InChI is InChI=1S/C25H22ClN3O3/c1-3-17-7-4-5-10-21(17)27-25-29-28-23(32-25)15-31-22-12-11-19(13-16(22)2)24(30)18-8-6-9-20(26)14-18/h4-14H,3,15H2,1-2H3,(H,27,29). The summed E-state index contributed by atoms with van der Waals surface area (Å²) in [5.74, 6) is 0.888. The highest BCUT2D eigenvalue weighted by atomic mass is 35.5. The van der Waals surface area contributed by atoms with Gasteiger partial charge in [0, 0.05) is 21.8 Å². The Balaban J connectivity index is 1.41. The number of para-hydroxylation sites is 1. The van der Waals surface area contributed by atoms with Crippen LogP contribution in [0.25, 0.3) is 0 Å². The lowest BCUT2D eigenvalue weighted by Gasteiger charge is -2.09. The Morgan fingerprint density at radius 1 is 1.03 bits per heavy atom. The van der Waals surface area contributed by atoms with Crippen LogP contribution in [0.1, 0.15) is 39.9 Å². The van der Waals surface area contributed by atoms with Crippen molar-refractivity contribution in [1.29, 1.82) is 0 Å². The number of nitrogens with one attached hydrogen (secondary N) is 1. The first-order valence-electron chi connectivity index (χ1n) is 10.2. The van der Waals surface area contributed by atoms with E-state index in [0.29, 0.717) is 33.8 Å². The molecular formula is C25H22ClN3O3. The minimum absolute atomic E-state index is 0.0953. The van der Waals surface area contributed by atoms with Gasteiger partial charge in [0.15, 0.2) is 12.4 Å². The van der Waals surface area contributed by atoms with Gasteiger partial charge in [-0.15, -0.1) is 5.10 Å². The van der Waals surface area contributed by atoms with E-state index in [1.54, 1.807) is 42.5 Å². The van der Waals surface area contributed by atoms with Crippen molar-refractivity contribution < 1.29 is 13.9 Å². The van der Waals surface area contributed by atoms with E-state index in [9.17, 15) is 4.79 Å². The van der Waals surface area contributed by atoms with Gasteiger partial charge in [0.25, 0.3) is 5.89 Å². The van der Waals surface area contributed by atoms with E-state index in [4.69, 9.17) is 20.8 Å². The van der Waals surface area contributed by atoms with Gasteiger partial charge >= 0.3 is 6.01 Å². The molecule has 0 bridgehead atoms. The highest BCUT2D eigenvalue weighted by Crippen LogP contribution is 2.24. The minimum Gasteiger partial charge on any atom is -0.484 e. The molecular weight excluding hydrogens is 426 g/mol. The van der Waals surface area contributed by atoms with Crippen LogP contribution in [0.2, 0.25) is 5.02 Å². The normalized spacial score (nSPS) is 10.7. The van der Waals surface area contributed by atoms with Crippen molar-refractivity contribution in [3.8, 4) is 5.75 Å². The third-order valence-corrected chi connectivity index (χ3v) is 5.22. The molecule has 0 aliphatic carbocycles. The average Bonchev–Trinajstić information content (AvgIpc) is 3.25. The molecule has 0 saturated carbocycles. The zero-order valence-electron chi connectivity index (χ0n) is 17.8. The molecule has 0 spiro atoms. The molecule has 1 aromatic heterocycles. The quantitative estimate of drug-likeness (QED) is 0.326. The molecule has 0 atom stereocenters. The molecule has 4 rings (SSSR count). The Morgan fingerprint density at radius 2 is 1.84 bits per heavy atom. The summed E-state index contributed by atoms with van der Waals surface area (Å²) in [7, 11) is 0. The number of anilines is 2. The molecule has 0 fully saturated rings. The van der Waals surface area contributed by atoms with Crippen molar-refractivity contribution >= 4 is 29.1 Å². The zero-order valence-corrected chi connectivity index (χ0v) is 18.5. The number of hydrogen-bond acceptors (Lipinski definition) is 6. The summed E-state index contributed by atoms with van der Waals surface area (Å²) in [4.78, 5) is 12.7. The van der Waals surface area contributed by atoms with Gasteiger partial charge in [-0.25, -0.2) is 0 Å².